The fraction of sp³-hybridized carbons (Fsp3) is 0.476. The van der Waals surface area contributed by atoms with E-state index in [9.17, 15) is 18.4 Å². The van der Waals surface area contributed by atoms with Crippen LogP contribution in [0.3, 0.4) is 0 Å². The average Bonchev–Trinajstić information content (AvgIpc) is 3.17. The zero-order chi connectivity index (χ0) is 20.8. The Morgan fingerprint density at radius 1 is 1.17 bits per heavy atom. The number of rotatable bonds is 4. The summed E-state index contributed by atoms with van der Waals surface area (Å²) in [6.07, 6.45) is 2.51. The van der Waals surface area contributed by atoms with Gasteiger partial charge in [0.25, 0.3) is 5.91 Å². The minimum Gasteiger partial charge on any atom is -0.347 e. The second kappa shape index (κ2) is 7.24. The van der Waals surface area contributed by atoms with Gasteiger partial charge < -0.3 is 10.2 Å². The zero-order valence-electron chi connectivity index (χ0n) is 16.5. The van der Waals surface area contributed by atoms with E-state index in [4.69, 9.17) is 0 Å². The van der Waals surface area contributed by atoms with Crippen LogP contribution in [0.15, 0.2) is 24.3 Å². The molecule has 1 atom stereocenters. The molecule has 2 aromatic rings. The van der Waals surface area contributed by atoms with Crippen LogP contribution < -0.4 is 5.32 Å². The number of carbonyl (C=O) groups is 2. The van der Waals surface area contributed by atoms with E-state index in [1.54, 1.807) is 22.7 Å². The molecule has 1 unspecified atom stereocenters. The second-order valence-corrected chi connectivity index (χ2v) is 8.22. The monoisotopic (exact) mass is 402 g/mol. The molecule has 0 radical (unpaired) electrons. The molecule has 8 heteroatoms. The number of benzene rings is 1. The molecule has 1 saturated carbocycles. The Kier molecular flexibility index (Phi) is 4.88. The highest BCUT2D eigenvalue weighted by Crippen LogP contribution is 2.54. The summed E-state index contributed by atoms with van der Waals surface area (Å²) in [5.41, 5.74) is 1.73. The maximum absolute atomic E-state index is 13.3. The Morgan fingerprint density at radius 2 is 1.83 bits per heavy atom. The van der Waals surface area contributed by atoms with Crippen LogP contribution in [0, 0.1) is 24.0 Å². The van der Waals surface area contributed by atoms with E-state index < -0.39 is 11.6 Å². The number of halogens is 2. The molecule has 6 nitrogen and oxygen atoms in total. The zero-order valence-corrected chi connectivity index (χ0v) is 16.5. The highest BCUT2D eigenvalue weighted by Gasteiger charge is 2.56. The van der Waals surface area contributed by atoms with E-state index in [0.717, 1.165) is 31.0 Å². The van der Waals surface area contributed by atoms with E-state index in [-0.39, 0.29) is 29.7 Å². The molecule has 4 rings (SSSR count). The van der Waals surface area contributed by atoms with E-state index >= 15 is 0 Å². The van der Waals surface area contributed by atoms with Gasteiger partial charge >= 0.3 is 0 Å². The highest BCUT2D eigenvalue weighted by atomic mass is 19.1. The summed E-state index contributed by atoms with van der Waals surface area (Å²) in [7, 11) is 1.80. The van der Waals surface area contributed by atoms with Gasteiger partial charge in [0.05, 0.1) is 6.42 Å². The van der Waals surface area contributed by atoms with Gasteiger partial charge in [-0.2, -0.15) is 5.10 Å². The summed E-state index contributed by atoms with van der Waals surface area (Å²) in [4.78, 5) is 26.6. The molecule has 1 saturated heterocycles. The summed E-state index contributed by atoms with van der Waals surface area (Å²) in [5, 5.41) is 7.28. The van der Waals surface area contributed by atoms with Crippen LogP contribution in [-0.2, 0) is 18.3 Å². The van der Waals surface area contributed by atoms with Crippen LogP contribution in [0.5, 0.6) is 0 Å². The molecule has 1 aliphatic heterocycles. The molecule has 29 heavy (non-hydrogen) atoms. The lowest BCUT2D eigenvalue weighted by molar-refractivity contribution is -0.132. The molecule has 2 heterocycles. The highest BCUT2D eigenvalue weighted by molar-refractivity contribution is 5.92. The first-order valence-corrected chi connectivity index (χ1v) is 9.80. The fourth-order valence-corrected chi connectivity index (χ4v) is 4.21. The van der Waals surface area contributed by atoms with Crippen LogP contribution in [0.1, 0.15) is 41.0 Å². The summed E-state index contributed by atoms with van der Waals surface area (Å²) in [6, 6.07) is 5.05. The number of piperidine rings is 1. The summed E-state index contributed by atoms with van der Waals surface area (Å²) in [6.45, 7) is 3.07. The van der Waals surface area contributed by atoms with Crippen LogP contribution in [-0.4, -0.2) is 45.6 Å². The van der Waals surface area contributed by atoms with Crippen molar-refractivity contribution in [1.82, 2.24) is 20.0 Å². The van der Waals surface area contributed by atoms with E-state index in [1.165, 1.54) is 12.1 Å². The topological polar surface area (TPSA) is 67.2 Å². The van der Waals surface area contributed by atoms with Crippen molar-refractivity contribution in [2.75, 3.05) is 13.1 Å². The van der Waals surface area contributed by atoms with Crippen molar-refractivity contribution in [3.63, 3.8) is 0 Å². The third-order valence-corrected chi connectivity index (χ3v) is 6.23. The van der Waals surface area contributed by atoms with Crippen molar-refractivity contribution in [1.29, 1.82) is 0 Å². The van der Waals surface area contributed by atoms with Gasteiger partial charge in [-0.05, 0) is 55.4 Å². The quantitative estimate of drug-likeness (QED) is 0.854. The van der Waals surface area contributed by atoms with E-state index in [1.807, 2.05) is 6.92 Å². The Bertz CT molecular complexity index is 924. The lowest BCUT2D eigenvalue weighted by atomic mass is 9.92. The number of likely N-dealkylation sites (tertiary alicyclic amines) is 1. The van der Waals surface area contributed by atoms with Gasteiger partial charge in [-0.3, -0.25) is 14.3 Å². The Balaban J connectivity index is 1.29. The predicted octanol–water partition coefficient (Wildman–Crippen LogP) is 2.36. The molecular weight excluding hydrogens is 378 g/mol. The van der Waals surface area contributed by atoms with Gasteiger partial charge in [0.15, 0.2) is 0 Å². The lowest BCUT2D eigenvalue weighted by Gasteiger charge is -2.33. The van der Waals surface area contributed by atoms with Crippen molar-refractivity contribution >= 4 is 11.8 Å². The average molecular weight is 402 g/mol. The van der Waals surface area contributed by atoms with Crippen molar-refractivity contribution in [3.05, 3.63) is 52.9 Å². The predicted molar refractivity (Wildman–Crippen MR) is 102 cm³/mol. The van der Waals surface area contributed by atoms with E-state index in [2.05, 4.69) is 10.4 Å². The maximum Gasteiger partial charge on any atom is 0.272 e. The summed E-state index contributed by atoms with van der Waals surface area (Å²) < 4.78 is 28.3. The van der Waals surface area contributed by atoms with Gasteiger partial charge in [0.2, 0.25) is 5.91 Å². The van der Waals surface area contributed by atoms with Crippen LogP contribution in [0.2, 0.25) is 0 Å². The van der Waals surface area contributed by atoms with Crippen molar-refractivity contribution in [2.45, 2.75) is 38.6 Å². The summed E-state index contributed by atoms with van der Waals surface area (Å²) >= 11 is 0. The van der Waals surface area contributed by atoms with Gasteiger partial charge in [0.1, 0.15) is 17.3 Å². The molecule has 1 aliphatic carbocycles. The molecule has 1 aromatic carbocycles. The minimum atomic E-state index is -0.676. The number of carbonyl (C=O) groups excluding carboxylic acids is 2. The van der Waals surface area contributed by atoms with Gasteiger partial charge in [-0.15, -0.1) is 0 Å². The number of aryl methyl sites for hydroxylation is 2. The number of hydrogen-bond acceptors (Lipinski definition) is 3. The Morgan fingerprint density at radius 3 is 2.41 bits per heavy atom. The largest absolute Gasteiger partial charge is 0.347 e. The SMILES string of the molecule is Cc1cc(C(=O)NC2CC23CCN(C(=O)Cc2cc(F)cc(F)c2)CC3)nn1C. The maximum atomic E-state index is 13.3. The molecule has 1 spiro atoms. The normalized spacial score (nSPS) is 20.0. The Labute approximate surface area is 167 Å². The minimum absolute atomic E-state index is 0.0130. The molecule has 2 fully saturated rings. The smallest absolute Gasteiger partial charge is 0.272 e. The third-order valence-electron chi connectivity index (χ3n) is 6.23. The van der Waals surface area contributed by atoms with E-state index in [0.29, 0.717) is 24.3 Å². The summed E-state index contributed by atoms with van der Waals surface area (Å²) in [5.74, 6) is -1.65. The van der Waals surface area contributed by atoms with Crippen LogP contribution in [0.25, 0.3) is 0 Å². The standard InChI is InChI=1S/C21H24F2N4O2/c1-13-7-17(25-26(13)2)20(29)24-18-12-21(18)3-5-27(6-4-21)19(28)10-14-8-15(22)11-16(23)9-14/h7-9,11,18H,3-6,10,12H2,1-2H3,(H,24,29). The molecular formula is C21H24F2N4O2. The lowest BCUT2D eigenvalue weighted by Crippen LogP contribution is -2.42. The molecule has 154 valence electrons. The molecule has 2 amide bonds. The molecule has 1 N–H and O–H groups in total. The molecule has 1 aromatic heterocycles. The second-order valence-electron chi connectivity index (χ2n) is 8.22. The van der Waals surface area contributed by atoms with Gasteiger partial charge in [-0.1, -0.05) is 0 Å². The fourth-order valence-electron chi connectivity index (χ4n) is 4.21. The Hall–Kier alpha value is -2.77. The number of nitrogens with one attached hydrogen (secondary N) is 1. The first kappa shape index (κ1) is 19.5. The number of hydrogen-bond donors (Lipinski definition) is 1. The van der Waals surface area contributed by atoms with Crippen molar-refractivity contribution in [3.8, 4) is 0 Å². The van der Waals surface area contributed by atoms with Gasteiger partial charge in [-0.25, -0.2) is 8.78 Å². The number of nitrogens with zero attached hydrogens (tertiary/aromatic N) is 3. The van der Waals surface area contributed by atoms with Gasteiger partial charge in [0, 0.05) is 37.9 Å². The first-order valence-electron chi connectivity index (χ1n) is 9.80. The number of amides is 2. The van der Waals surface area contributed by atoms with Crippen LogP contribution >= 0.6 is 0 Å². The molecule has 2 aliphatic rings. The van der Waals surface area contributed by atoms with Crippen molar-refractivity contribution < 1.29 is 18.4 Å². The van der Waals surface area contributed by atoms with Crippen LogP contribution in [0.4, 0.5) is 8.78 Å². The molecule has 0 bridgehead atoms. The first-order chi connectivity index (χ1) is 13.8. The third kappa shape index (κ3) is 4.02. The van der Waals surface area contributed by atoms with Crippen molar-refractivity contribution in [2.24, 2.45) is 12.5 Å². The number of aromatic nitrogens is 2.